The molecule has 0 atom stereocenters. The van der Waals surface area contributed by atoms with Crippen molar-refractivity contribution in [2.75, 3.05) is 13.1 Å². The Hall–Kier alpha value is -1.23. The molecule has 2 aliphatic rings. The van der Waals surface area contributed by atoms with Crippen molar-refractivity contribution >= 4 is 22.0 Å². The van der Waals surface area contributed by atoms with Crippen LogP contribution in [-0.4, -0.2) is 35.8 Å². The minimum absolute atomic E-state index is 0.199. The lowest BCUT2D eigenvalue weighted by molar-refractivity contribution is -0.116. The van der Waals surface area contributed by atoms with Crippen molar-refractivity contribution in [1.29, 1.82) is 0 Å². The van der Waals surface area contributed by atoms with Crippen molar-refractivity contribution in [2.45, 2.75) is 45.3 Å². The maximum Gasteiger partial charge on any atom is 0.410 e. The molecule has 0 N–H and O–H groups in total. The highest BCUT2D eigenvalue weighted by Gasteiger charge is 2.55. The average Bonchev–Trinajstić information content (AvgIpc) is 2.30. The maximum atomic E-state index is 11.9. The van der Waals surface area contributed by atoms with Gasteiger partial charge in [0.15, 0.2) is 0 Å². The first kappa shape index (κ1) is 15.7. The summed E-state index contributed by atoms with van der Waals surface area (Å²) in [6.07, 6.45) is 2.10. The van der Waals surface area contributed by atoms with E-state index in [-0.39, 0.29) is 17.6 Å². The van der Waals surface area contributed by atoms with Crippen LogP contribution >= 0.6 is 15.9 Å². The van der Waals surface area contributed by atoms with Crippen molar-refractivity contribution in [1.82, 2.24) is 4.90 Å². The van der Waals surface area contributed by atoms with E-state index in [9.17, 15) is 4.79 Å². The van der Waals surface area contributed by atoms with Gasteiger partial charge in [-0.2, -0.15) is 0 Å². The lowest BCUT2D eigenvalue weighted by Gasteiger charge is -2.58. The van der Waals surface area contributed by atoms with E-state index in [1.54, 1.807) is 4.90 Å². The van der Waals surface area contributed by atoms with E-state index in [0.29, 0.717) is 0 Å². The number of nitrogens with zero attached hydrogens (tertiary/aromatic N) is 1. The molecule has 5 heteroatoms. The first-order valence-electron chi connectivity index (χ1n) is 7.65. The van der Waals surface area contributed by atoms with Gasteiger partial charge in [-0.1, -0.05) is 15.9 Å². The largest absolute Gasteiger partial charge is 0.490 e. The van der Waals surface area contributed by atoms with Crippen molar-refractivity contribution < 1.29 is 14.3 Å². The third-order valence-electron chi connectivity index (χ3n) is 4.14. The molecule has 0 radical (unpaired) electrons. The van der Waals surface area contributed by atoms with Crippen LogP contribution in [-0.2, 0) is 4.74 Å². The quantitative estimate of drug-likeness (QED) is 0.784. The van der Waals surface area contributed by atoms with Gasteiger partial charge < -0.3 is 14.4 Å². The Kier molecular flexibility index (Phi) is 3.87. The number of rotatable bonds is 2. The molecule has 0 bridgehead atoms. The highest BCUT2D eigenvalue weighted by atomic mass is 79.9. The molecule has 0 aromatic heterocycles. The van der Waals surface area contributed by atoms with Gasteiger partial charge in [0.2, 0.25) is 0 Å². The van der Waals surface area contributed by atoms with Crippen LogP contribution in [0.5, 0.6) is 5.75 Å². The summed E-state index contributed by atoms with van der Waals surface area (Å²) in [6, 6.07) is 7.92. The molecular formula is C17H22BrNO3. The molecule has 22 heavy (non-hydrogen) atoms. The molecule has 1 aromatic rings. The van der Waals surface area contributed by atoms with Crippen LogP contribution in [0.1, 0.15) is 33.6 Å². The number of halogens is 1. The van der Waals surface area contributed by atoms with E-state index >= 15 is 0 Å². The Bertz CT molecular complexity index is 550. The van der Waals surface area contributed by atoms with Crippen LogP contribution in [0.25, 0.3) is 0 Å². The highest BCUT2D eigenvalue weighted by molar-refractivity contribution is 9.10. The van der Waals surface area contributed by atoms with Crippen LogP contribution in [0.3, 0.4) is 0 Å². The van der Waals surface area contributed by atoms with Crippen LogP contribution in [0.15, 0.2) is 28.7 Å². The van der Waals surface area contributed by atoms with Gasteiger partial charge in [-0.3, -0.25) is 0 Å². The monoisotopic (exact) mass is 367 g/mol. The molecule has 3 rings (SSSR count). The molecule has 2 fully saturated rings. The molecule has 4 nitrogen and oxygen atoms in total. The molecule has 1 amide bonds. The van der Waals surface area contributed by atoms with E-state index in [1.807, 2.05) is 45.0 Å². The minimum atomic E-state index is -0.424. The zero-order valence-electron chi connectivity index (χ0n) is 13.3. The zero-order valence-corrected chi connectivity index (χ0v) is 14.9. The minimum Gasteiger partial charge on any atom is -0.490 e. The molecule has 1 aliphatic carbocycles. The van der Waals surface area contributed by atoms with Crippen LogP contribution in [0.4, 0.5) is 4.79 Å². The number of carbonyl (C=O) groups excluding carboxylic acids is 1. The van der Waals surface area contributed by atoms with Gasteiger partial charge >= 0.3 is 6.09 Å². The number of hydrogen-bond donors (Lipinski definition) is 0. The van der Waals surface area contributed by atoms with Gasteiger partial charge in [-0.15, -0.1) is 0 Å². The number of ether oxygens (including phenoxy) is 2. The maximum absolute atomic E-state index is 11.9. The van der Waals surface area contributed by atoms with Gasteiger partial charge in [0.25, 0.3) is 0 Å². The van der Waals surface area contributed by atoms with Crippen molar-refractivity contribution in [3.63, 3.8) is 0 Å². The summed E-state index contributed by atoms with van der Waals surface area (Å²) in [5.41, 5.74) is -0.163. The molecular weight excluding hydrogens is 346 g/mol. The summed E-state index contributed by atoms with van der Waals surface area (Å²) >= 11 is 3.42. The van der Waals surface area contributed by atoms with Gasteiger partial charge in [0.05, 0.1) is 0 Å². The van der Waals surface area contributed by atoms with Crippen LogP contribution < -0.4 is 4.74 Å². The predicted octanol–water partition coefficient (Wildman–Crippen LogP) is 4.23. The zero-order chi connectivity index (χ0) is 16.0. The first-order valence-corrected chi connectivity index (χ1v) is 8.44. The molecule has 120 valence electrons. The van der Waals surface area contributed by atoms with Gasteiger partial charge in [0, 0.05) is 23.0 Å². The summed E-state index contributed by atoms with van der Waals surface area (Å²) in [5.74, 6) is 0.909. The van der Waals surface area contributed by atoms with E-state index < -0.39 is 5.60 Å². The Balaban J connectivity index is 1.43. The predicted molar refractivity (Wildman–Crippen MR) is 88.0 cm³/mol. The second-order valence-corrected chi connectivity index (χ2v) is 8.35. The Morgan fingerprint density at radius 2 is 1.82 bits per heavy atom. The second kappa shape index (κ2) is 5.44. The third kappa shape index (κ3) is 3.40. The average molecular weight is 368 g/mol. The van der Waals surface area contributed by atoms with Crippen LogP contribution in [0, 0.1) is 5.41 Å². The Labute approximate surface area is 139 Å². The van der Waals surface area contributed by atoms with E-state index in [0.717, 1.165) is 36.2 Å². The standard InChI is InChI=1S/C17H22BrNO3/c1-16(2,3)22-15(20)19-10-17(11-19)8-14(9-17)21-13-6-4-12(18)5-7-13/h4-7,14H,8-11H2,1-3H3. The fraction of sp³-hybridized carbons (Fsp3) is 0.588. The smallest absolute Gasteiger partial charge is 0.410 e. The molecule has 1 aromatic carbocycles. The van der Waals surface area contributed by atoms with Crippen LogP contribution in [0.2, 0.25) is 0 Å². The summed E-state index contributed by atoms with van der Waals surface area (Å²) in [7, 11) is 0. The van der Waals surface area contributed by atoms with E-state index in [1.165, 1.54) is 0 Å². The number of benzene rings is 1. The Morgan fingerprint density at radius 1 is 1.23 bits per heavy atom. The topological polar surface area (TPSA) is 38.8 Å². The molecule has 1 saturated heterocycles. The SMILES string of the molecule is CC(C)(C)OC(=O)N1CC2(CC(Oc3ccc(Br)cc3)C2)C1. The number of carbonyl (C=O) groups is 1. The second-order valence-electron chi connectivity index (χ2n) is 7.44. The van der Waals surface area contributed by atoms with Gasteiger partial charge in [-0.25, -0.2) is 4.79 Å². The molecule has 1 heterocycles. The summed E-state index contributed by atoms with van der Waals surface area (Å²) in [6.45, 7) is 7.27. The number of amides is 1. The van der Waals surface area contributed by atoms with Gasteiger partial charge in [0.1, 0.15) is 17.5 Å². The lowest BCUT2D eigenvalue weighted by atomic mass is 9.62. The third-order valence-corrected chi connectivity index (χ3v) is 4.67. The first-order chi connectivity index (χ1) is 10.2. The summed E-state index contributed by atoms with van der Waals surface area (Å²) in [5, 5.41) is 0. The fourth-order valence-electron chi connectivity index (χ4n) is 3.17. The fourth-order valence-corrected chi connectivity index (χ4v) is 3.44. The summed E-state index contributed by atoms with van der Waals surface area (Å²) < 4.78 is 12.4. The molecule has 1 saturated carbocycles. The molecule has 0 unspecified atom stereocenters. The van der Waals surface area contributed by atoms with Crippen molar-refractivity contribution in [3.8, 4) is 5.75 Å². The number of hydrogen-bond acceptors (Lipinski definition) is 3. The number of likely N-dealkylation sites (tertiary alicyclic amines) is 1. The highest BCUT2D eigenvalue weighted by Crippen LogP contribution is 2.49. The van der Waals surface area contributed by atoms with Crippen molar-refractivity contribution in [3.05, 3.63) is 28.7 Å². The summed E-state index contributed by atoms with van der Waals surface area (Å²) in [4.78, 5) is 13.7. The normalized spacial score (nSPS) is 20.3. The van der Waals surface area contributed by atoms with Crippen molar-refractivity contribution in [2.24, 2.45) is 5.41 Å². The Morgan fingerprint density at radius 3 is 2.36 bits per heavy atom. The lowest BCUT2D eigenvalue weighted by Crippen LogP contribution is -2.66. The van der Waals surface area contributed by atoms with E-state index in [4.69, 9.17) is 9.47 Å². The van der Waals surface area contributed by atoms with E-state index in [2.05, 4.69) is 15.9 Å². The molecule has 1 spiro atoms. The van der Waals surface area contributed by atoms with Gasteiger partial charge in [-0.05, 0) is 57.9 Å². The molecule has 1 aliphatic heterocycles.